The Morgan fingerprint density at radius 3 is 2.45 bits per heavy atom. The van der Waals surface area contributed by atoms with E-state index in [2.05, 4.69) is 5.32 Å². The minimum absolute atomic E-state index is 0.00344. The summed E-state index contributed by atoms with van der Waals surface area (Å²) in [5, 5.41) is 2.44. The van der Waals surface area contributed by atoms with Gasteiger partial charge < -0.3 is 15.1 Å². The third-order valence-corrected chi connectivity index (χ3v) is 3.97. The van der Waals surface area contributed by atoms with Crippen LogP contribution in [0.4, 0.5) is 19.3 Å². The van der Waals surface area contributed by atoms with Crippen molar-refractivity contribution >= 4 is 17.6 Å². The lowest BCUT2D eigenvalue weighted by molar-refractivity contribution is -0.130. The Morgan fingerprint density at radius 1 is 1.27 bits per heavy atom. The molecule has 0 aromatic heterocycles. The molecule has 1 saturated heterocycles. The summed E-state index contributed by atoms with van der Waals surface area (Å²) in [5.74, 6) is -1.50. The van der Waals surface area contributed by atoms with Crippen molar-refractivity contribution in [1.82, 2.24) is 9.80 Å². The first-order chi connectivity index (χ1) is 10.4. The molecule has 1 N–H and O–H groups in total. The molecule has 0 bridgehead atoms. The number of carbonyl (C=O) groups is 2. The topological polar surface area (TPSA) is 52.7 Å². The van der Waals surface area contributed by atoms with Crippen molar-refractivity contribution in [3.63, 3.8) is 0 Å². The van der Waals surface area contributed by atoms with Crippen LogP contribution in [0.25, 0.3) is 0 Å². The van der Waals surface area contributed by atoms with Gasteiger partial charge in [-0.3, -0.25) is 4.79 Å². The minimum Gasteiger partial charge on any atom is -0.343 e. The molecule has 1 aliphatic heterocycles. The van der Waals surface area contributed by atoms with E-state index in [1.807, 2.05) is 0 Å². The normalized spacial score (nSPS) is 15.5. The number of anilines is 1. The van der Waals surface area contributed by atoms with E-state index in [1.165, 1.54) is 13.0 Å². The molecule has 120 valence electrons. The number of hydrogen-bond acceptors (Lipinski definition) is 2. The highest BCUT2D eigenvalue weighted by molar-refractivity contribution is 5.89. The summed E-state index contributed by atoms with van der Waals surface area (Å²) in [6.07, 6.45) is 1.35. The van der Waals surface area contributed by atoms with Gasteiger partial charge >= 0.3 is 6.03 Å². The van der Waals surface area contributed by atoms with Crippen LogP contribution in [0, 0.1) is 11.6 Å². The van der Waals surface area contributed by atoms with Crippen LogP contribution in [0.5, 0.6) is 0 Å². The average molecular weight is 311 g/mol. The van der Waals surface area contributed by atoms with Crippen molar-refractivity contribution in [2.75, 3.05) is 25.5 Å². The largest absolute Gasteiger partial charge is 0.343 e. The van der Waals surface area contributed by atoms with Crippen molar-refractivity contribution in [3.8, 4) is 0 Å². The van der Waals surface area contributed by atoms with Gasteiger partial charge in [0.25, 0.3) is 0 Å². The van der Waals surface area contributed by atoms with Crippen LogP contribution in [-0.4, -0.2) is 47.9 Å². The summed E-state index contributed by atoms with van der Waals surface area (Å²) >= 11 is 0. The molecule has 22 heavy (non-hydrogen) atoms. The van der Waals surface area contributed by atoms with Gasteiger partial charge in [-0.25, -0.2) is 13.6 Å². The van der Waals surface area contributed by atoms with Crippen LogP contribution in [-0.2, 0) is 4.79 Å². The summed E-state index contributed by atoms with van der Waals surface area (Å²) in [7, 11) is 1.75. The predicted molar refractivity (Wildman–Crippen MR) is 78.4 cm³/mol. The van der Waals surface area contributed by atoms with E-state index in [4.69, 9.17) is 0 Å². The first kappa shape index (κ1) is 16.2. The Labute approximate surface area is 127 Å². The second-order valence-electron chi connectivity index (χ2n) is 5.40. The first-order valence-corrected chi connectivity index (χ1v) is 7.13. The Balaban J connectivity index is 1.91. The number of halogens is 2. The molecule has 1 aliphatic rings. The zero-order valence-electron chi connectivity index (χ0n) is 12.6. The number of nitrogens with one attached hydrogen (secondary N) is 1. The molecule has 2 rings (SSSR count). The number of urea groups is 1. The smallest absolute Gasteiger partial charge is 0.321 e. The van der Waals surface area contributed by atoms with E-state index in [9.17, 15) is 18.4 Å². The number of piperidine rings is 1. The highest BCUT2D eigenvalue weighted by atomic mass is 19.1. The fourth-order valence-electron chi connectivity index (χ4n) is 2.50. The second kappa shape index (κ2) is 6.72. The van der Waals surface area contributed by atoms with E-state index in [0.717, 1.165) is 12.1 Å². The van der Waals surface area contributed by atoms with Gasteiger partial charge in [-0.15, -0.1) is 0 Å². The SMILES string of the molecule is CC(=O)N(C)C1CCN(C(=O)Nc2ccc(F)cc2F)CC1. The molecule has 0 unspecified atom stereocenters. The van der Waals surface area contributed by atoms with Crippen LogP contribution >= 0.6 is 0 Å². The Bertz CT molecular complexity index is 572. The Morgan fingerprint density at radius 2 is 1.91 bits per heavy atom. The van der Waals surface area contributed by atoms with Crippen molar-refractivity contribution in [2.45, 2.75) is 25.8 Å². The maximum Gasteiger partial charge on any atom is 0.321 e. The molecule has 0 aliphatic carbocycles. The fraction of sp³-hybridized carbons (Fsp3) is 0.467. The van der Waals surface area contributed by atoms with Crippen molar-refractivity contribution in [3.05, 3.63) is 29.8 Å². The highest BCUT2D eigenvalue weighted by Gasteiger charge is 2.26. The molecule has 1 heterocycles. The number of benzene rings is 1. The molecule has 1 fully saturated rings. The maximum absolute atomic E-state index is 13.5. The van der Waals surface area contributed by atoms with Gasteiger partial charge in [-0.1, -0.05) is 0 Å². The molecule has 1 aromatic carbocycles. The molecule has 0 saturated carbocycles. The molecule has 1 aromatic rings. The van der Waals surface area contributed by atoms with Crippen LogP contribution < -0.4 is 5.32 Å². The monoisotopic (exact) mass is 311 g/mol. The van der Waals surface area contributed by atoms with E-state index >= 15 is 0 Å². The quantitative estimate of drug-likeness (QED) is 0.912. The van der Waals surface area contributed by atoms with Gasteiger partial charge in [0.2, 0.25) is 5.91 Å². The summed E-state index contributed by atoms with van der Waals surface area (Å²) in [6, 6.07) is 2.70. The zero-order valence-corrected chi connectivity index (χ0v) is 12.6. The van der Waals surface area contributed by atoms with Gasteiger partial charge in [0, 0.05) is 39.2 Å². The third kappa shape index (κ3) is 3.72. The van der Waals surface area contributed by atoms with E-state index in [1.54, 1.807) is 16.8 Å². The first-order valence-electron chi connectivity index (χ1n) is 7.13. The minimum atomic E-state index is -0.806. The number of nitrogens with zero attached hydrogens (tertiary/aromatic N) is 2. The van der Waals surface area contributed by atoms with Gasteiger partial charge in [0.1, 0.15) is 11.6 Å². The van der Waals surface area contributed by atoms with Gasteiger partial charge in [-0.05, 0) is 25.0 Å². The standard InChI is InChI=1S/C15H19F2N3O2/c1-10(21)19(2)12-5-7-20(8-6-12)15(22)18-14-4-3-11(16)9-13(14)17/h3-4,9,12H,5-8H2,1-2H3,(H,18,22). The highest BCUT2D eigenvalue weighted by Crippen LogP contribution is 2.19. The molecule has 5 nitrogen and oxygen atoms in total. The summed E-state index contributed by atoms with van der Waals surface area (Å²) < 4.78 is 26.3. The van der Waals surface area contributed by atoms with Gasteiger partial charge in [0.15, 0.2) is 0 Å². The van der Waals surface area contributed by atoms with Crippen LogP contribution in [0.1, 0.15) is 19.8 Å². The van der Waals surface area contributed by atoms with E-state index in [0.29, 0.717) is 25.9 Å². The summed E-state index contributed by atoms with van der Waals surface area (Å²) in [4.78, 5) is 26.7. The van der Waals surface area contributed by atoms with Crippen LogP contribution in [0.2, 0.25) is 0 Å². The maximum atomic E-state index is 13.5. The predicted octanol–water partition coefficient (Wildman–Crippen LogP) is 2.44. The van der Waals surface area contributed by atoms with Gasteiger partial charge in [-0.2, -0.15) is 0 Å². The molecular formula is C15H19F2N3O2. The zero-order chi connectivity index (χ0) is 16.3. The van der Waals surface area contributed by atoms with Gasteiger partial charge in [0.05, 0.1) is 5.69 Å². The van der Waals surface area contributed by atoms with Crippen LogP contribution in [0.3, 0.4) is 0 Å². The molecule has 0 radical (unpaired) electrons. The molecule has 3 amide bonds. The van der Waals surface area contributed by atoms with Crippen molar-refractivity contribution < 1.29 is 18.4 Å². The van der Waals surface area contributed by atoms with E-state index < -0.39 is 17.7 Å². The molecule has 0 atom stereocenters. The van der Waals surface area contributed by atoms with Crippen LogP contribution in [0.15, 0.2) is 18.2 Å². The number of rotatable bonds is 2. The van der Waals surface area contributed by atoms with Crippen molar-refractivity contribution in [2.24, 2.45) is 0 Å². The molecule has 0 spiro atoms. The lowest BCUT2D eigenvalue weighted by atomic mass is 10.0. The van der Waals surface area contributed by atoms with E-state index in [-0.39, 0.29) is 17.6 Å². The third-order valence-electron chi connectivity index (χ3n) is 3.97. The summed E-state index contributed by atoms with van der Waals surface area (Å²) in [5.41, 5.74) is -0.0469. The average Bonchev–Trinajstić information content (AvgIpc) is 2.49. The number of amides is 3. The second-order valence-corrected chi connectivity index (χ2v) is 5.40. The number of hydrogen-bond donors (Lipinski definition) is 1. The lowest BCUT2D eigenvalue weighted by Gasteiger charge is -2.36. The summed E-state index contributed by atoms with van der Waals surface area (Å²) in [6.45, 7) is 2.48. The number of likely N-dealkylation sites (tertiary alicyclic amines) is 1. The Kier molecular flexibility index (Phi) is 4.95. The molecule has 7 heteroatoms. The van der Waals surface area contributed by atoms with Crippen molar-refractivity contribution in [1.29, 1.82) is 0 Å². The number of carbonyl (C=O) groups excluding carboxylic acids is 2. The molecular weight excluding hydrogens is 292 g/mol. The Hall–Kier alpha value is -2.18. The fourth-order valence-corrected chi connectivity index (χ4v) is 2.50. The lowest BCUT2D eigenvalue weighted by Crippen LogP contribution is -2.48.